The molecule has 0 saturated carbocycles. The van der Waals surface area contributed by atoms with Crippen LogP contribution in [-0.2, 0) is 9.53 Å². The summed E-state index contributed by atoms with van der Waals surface area (Å²) < 4.78 is 5.70. The lowest BCUT2D eigenvalue weighted by molar-refractivity contribution is -0.124. The van der Waals surface area contributed by atoms with Gasteiger partial charge in [0, 0.05) is 13.5 Å². The van der Waals surface area contributed by atoms with Crippen LogP contribution in [0.15, 0.2) is 18.2 Å². The molecule has 2 atom stereocenters. The van der Waals surface area contributed by atoms with Gasteiger partial charge in [-0.2, -0.15) is 0 Å². The van der Waals surface area contributed by atoms with Gasteiger partial charge in [-0.1, -0.05) is 29.3 Å². The Balaban J connectivity index is 2.38. The lowest BCUT2D eigenvalue weighted by atomic mass is 9.90. The number of carbonyl (C=O) groups is 2. The summed E-state index contributed by atoms with van der Waals surface area (Å²) in [6, 6.07) is 4.78. The fourth-order valence-corrected chi connectivity index (χ4v) is 2.91. The van der Waals surface area contributed by atoms with Crippen molar-refractivity contribution >= 4 is 35.2 Å². The molecular weight excluding hydrogens is 359 g/mol. The highest BCUT2D eigenvalue weighted by molar-refractivity contribution is 6.42. The predicted octanol–water partition coefficient (Wildman–Crippen LogP) is 1.91. The average Bonchev–Trinajstić information content (AvgIpc) is 2.68. The van der Waals surface area contributed by atoms with E-state index in [0.29, 0.717) is 15.6 Å². The fraction of sp³-hybridized carbons (Fsp3) is 0.467. The highest BCUT2D eigenvalue weighted by Crippen LogP contribution is 2.35. The van der Waals surface area contributed by atoms with Gasteiger partial charge in [-0.25, -0.2) is 4.79 Å². The molecule has 1 saturated heterocycles. The average molecular weight is 377 g/mol. The molecule has 2 unspecified atom stereocenters. The lowest BCUT2D eigenvalue weighted by Crippen LogP contribution is -2.54. The first-order chi connectivity index (χ1) is 11.2. The van der Waals surface area contributed by atoms with Crippen molar-refractivity contribution in [1.82, 2.24) is 10.2 Å². The minimum atomic E-state index is -1.66. The second kappa shape index (κ2) is 7.57. The van der Waals surface area contributed by atoms with Crippen molar-refractivity contribution in [3.8, 4) is 0 Å². The first-order valence-corrected chi connectivity index (χ1v) is 8.00. The van der Waals surface area contributed by atoms with Crippen LogP contribution in [0.5, 0.6) is 0 Å². The van der Waals surface area contributed by atoms with E-state index in [4.69, 9.17) is 27.9 Å². The van der Waals surface area contributed by atoms with Crippen molar-refractivity contribution in [3.63, 3.8) is 0 Å². The number of amides is 2. The Morgan fingerprint density at radius 2 is 2.12 bits per heavy atom. The molecule has 1 aliphatic heterocycles. The van der Waals surface area contributed by atoms with Crippen LogP contribution in [0.25, 0.3) is 0 Å². The lowest BCUT2D eigenvalue weighted by Gasteiger charge is -2.36. The van der Waals surface area contributed by atoms with Gasteiger partial charge in [-0.3, -0.25) is 4.79 Å². The quantitative estimate of drug-likeness (QED) is 0.748. The van der Waals surface area contributed by atoms with Crippen LogP contribution in [-0.4, -0.2) is 59.0 Å². The molecule has 1 aromatic rings. The van der Waals surface area contributed by atoms with E-state index >= 15 is 0 Å². The summed E-state index contributed by atoms with van der Waals surface area (Å²) in [6.07, 6.45) is -2.04. The summed E-state index contributed by atoms with van der Waals surface area (Å²) in [5.41, 5.74) is -1.11. The number of halogens is 2. The number of aliphatic hydroxyl groups is 1. The van der Waals surface area contributed by atoms with E-state index in [0.717, 1.165) is 4.90 Å². The topological polar surface area (TPSA) is 99.1 Å². The van der Waals surface area contributed by atoms with Crippen LogP contribution >= 0.6 is 23.2 Å². The third kappa shape index (κ3) is 4.30. The van der Waals surface area contributed by atoms with Gasteiger partial charge in [0.05, 0.1) is 29.7 Å². The van der Waals surface area contributed by atoms with Crippen LogP contribution in [0, 0.1) is 0 Å². The fourth-order valence-electron chi connectivity index (χ4n) is 2.60. The third-order valence-electron chi connectivity index (χ3n) is 3.76. The van der Waals surface area contributed by atoms with Gasteiger partial charge in [0.15, 0.2) is 0 Å². The van der Waals surface area contributed by atoms with Crippen molar-refractivity contribution in [2.45, 2.75) is 18.6 Å². The Kier molecular flexibility index (Phi) is 5.92. The zero-order valence-corrected chi connectivity index (χ0v) is 14.5. The Morgan fingerprint density at radius 1 is 1.42 bits per heavy atom. The Labute approximate surface area is 149 Å². The molecule has 9 heteroatoms. The largest absolute Gasteiger partial charge is 0.465 e. The summed E-state index contributed by atoms with van der Waals surface area (Å²) in [5, 5.41) is 23.5. The maximum Gasteiger partial charge on any atom is 0.407 e. The second-order valence-electron chi connectivity index (χ2n) is 5.64. The first kappa shape index (κ1) is 18.8. The maximum atomic E-state index is 11.3. The minimum Gasteiger partial charge on any atom is -0.465 e. The van der Waals surface area contributed by atoms with E-state index in [2.05, 4.69) is 5.32 Å². The molecule has 1 fully saturated rings. The number of nitrogens with zero attached hydrogens (tertiary/aromatic N) is 1. The summed E-state index contributed by atoms with van der Waals surface area (Å²) in [6.45, 7) is 1.13. The third-order valence-corrected chi connectivity index (χ3v) is 4.50. The molecule has 0 aliphatic carbocycles. The molecule has 1 heterocycles. The number of hydrogen-bond donors (Lipinski definition) is 3. The number of carboxylic acid groups (broad SMARTS) is 1. The van der Waals surface area contributed by atoms with E-state index in [-0.39, 0.29) is 32.1 Å². The smallest absolute Gasteiger partial charge is 0.407 e. The number of ether oxygens (including phenoxy) is 1. The molecule has 7 nitrogen and oxygen atoms in total. The second-order valence-corrected chi connectivity index (χ2v) is 6.46. The van der Waals surface area contributed by atoms with E-state index in [1.807, 2.05) is 0 Å². The number of benzene rings is 1. The van der Waals surface area contributed by atoms with Gasteiger partial charge < -0.3 is 25.2 Å². The van der Waals surface area contributed by atoms with Crippen molar-refractivity contribution in [2.24, 2.45) is 0 Å². The van der Waals surface area contributed by atoms with Crippen molar-refractivity contribution < 1.29 is 24.5 Å². The molecule has 1 aromatic carbocycles. The summed E-state index contributed by atoms with van der Waals surface area (Å²) in [7, 11) is 0. The number of carbonyl (C=O) groups excluding carboxylic acids is 1. The number of rotatable bonds is 3. The van der Waals surface area contributed by atoms with E-state index in [1.54, 1.807) is 18.2 Å². The molecule has 2 rings (SSSR count). The Hall–Kier alpha value is -1.54. The van der Waals surface area contributed by atoms with Gasteiger partial charge in [0.25, 0.3) is 0 Å². The molecule has 1 aliphatic rings. The van der Waals surface area contributed by atoms with Crippen molar-refractivity contribution in [2.75, 3.05) is 26.2 Å². The maximum absolute atomic E-state index is 11.3. The van der Waals surface area contributed by atoms with Crippen molar-refractivity contribution in [3.05, 3.63) is 33.8 Å². The Bertz CT molecular complexity index is 642. The van der Waals surface area contributed by atoms with Gasteiger partial charge in [0.2, 0.25) is 5.91 Å². The number of hydrogen-bond acceptors (Lipinski definition) is 4. The molecule has 2 amide bonds. The molecule has 0 bridgehead atoms. The first-order valence-electron chi connectivity index (χ1n) is 7.24. The van der Waals surface area contributed by atoms with Crippen LogP contribution in [0.2, 0.25) is 10.0 Å². The van der Waals surface area contributed by atoms with E-state index in [1.165, 1.54) is 6.92 Å². The summed E-state index contributed by atoms with van der Waals surface area (Å²) in [5.74, 6) is -0.345. The molecular formula is C15H18Cl2N2O5. The molecule has 0 radical (unpaired) electrons. The number of β-amino-alcohol motifs (C(OH)–C–C–N with tert-alkyl or cyclic N) is 1. The van der Waals surface area contributed by atoms with Crippen molar-refractivity contribution in [1.29, 1.82) is 0 Å². The SMILES string of the molecule is CC(=O)NCC1(O)CN(C(=O)O)CCOC1c1ccc(Cl)c(Cl)c1. The van der Waals surface area contributed by atoms with Gasteiger partial charge in [-0.05, 0) is 17.7 Å². The van der Waals surface area contributed by atoms with Gasteiger partial charge in [0.1, 0.15) is 11.7 Å². The van der Waals surface area contributed by atoms with E-state index < -0.39 is 17.8 Å². The summed E-state index contributed by atoms with van der Waals surface area (Å²) >= 11 is 11.9. The zero-order chi connectivity index (χ0) is 17.9. The normalized spacial score (nSPS) is 24.3. The van der Waals surface area contributed by atoms with Crippen LogP contribution in [0.1, 0.15) is 18.6 Å². The zero-order valence-electron chi connectivity index (χ0n) is 13.0. The van der Waals surface area contributed by atoms with Gasteiger partial charge >= 0.3 is 6.09 Å². The molecule has 0 aromatic heterocycles. The minimum absolute atomic E-state index is 0.0968. The highest BCUT2D eigenvalue weighted by atomic mass is 35.5. The number of nitrogens with one attached hydrogen (secondary N) is 1. The van der Waals surface area contributed by atoms with Crippen LogP contribution in [0.4, 0.5) is 4.79 Å². The predicted molar refractivity (Wildman–Crippen MR) is 88.4 cm³/mol. The van der Waals surface area contributed by atoms with E-state index in [9.17, 15) is 19.8 Å². The summed E-state index contributed by atoms with van der Waals surface area (Å²) in [4.78, 5) is 23.6. The van der Waals surface area contributed by atoms with Crippen LogP contribution in [0.3, 0.4) is 0 Å². The monoisotopic (exact) mass is 376 g/mol. The molecule has 0 spiro atoms. The standard InChI is InChI=1S/C15H18Cl2N2O5/c1-9(20)18-7-15(23)8-19(14(21)22)4-5-24-13(15)10-2-3-11(16)12(17)6-10/h2-3,6,13,23H,4-5,7-8H2,1H3,(H,18,20)(H,21,22). The van der Waals surface area contributed by atoms with Gasteiger partial charge in [-0.15, -0.1) is 0 Å². The van der Waals surface area contributed by atoms with Crippen LogP contribution < -0.4 is 5.32 Å². The highest BCUT2D eigenvalue weighted by Gasteiger charge is 2.43. The Morgan fingerprint density at radius 3 is 2.71 bits per heavy atom. The molecule has 132 valence electrons. The molecule has 24 heavy (non-hydrogen) atoms. The molecule has 3 N–H and O–H groups in total.